The van der Waals surface area contributed by atoms with Crippen molar-refractivity contribution in [2.75, 3.05) is 31.2 Å². The van der Waals surface area contributed by atoms with Gasteiger partial charge in [-0.05, 0) is 48.1 Å². The van der Waals surface area contributed by atoms with E-state index in [1.807, 2.05) is 18.3 Å². The lowest BCUT2D eigenvalue weighted by molar-refractivity contribution is 0.133. The van der Waals surface area contributed by atoms with Crippen LogP contribution < -0.4 is 15.8 Å². The second-order valence-electron chi connectivity index (χ2n) is 8.22. The highest BCUT2D eigenvalue weighted by Gasteiger charge is 2.24. The fourth-order valence-electron chi connectivity index (χ4n) is 4.17. The first-order chi connectivity index (χ1) is 14.9. The van der Waals surface area contributed by atoms with E-state index in [2.05, 4.69) is 35.3 Å². The average molecular weight is 425 g/mol. The second kappa shape index (κ2) is 8.33. The van der Waals surface area contributed by atoms with Crippen LogP contribution in [0.4, 0.5) is 16.2 Å². The van der Waals surface area contributed by atoms with Crippen LogP contribution in [-0.2, 0) is 0 Å². The van der Waals surface area contributed by atoms with E-state index in [0.29, 0.717) is 30.2 Å². The molecule has 1 saturated heterocycles. The maximum absolute atomic E-state index is 11.3. The Balaban J connectivity index is 1.71. The van der Waals surface area contributed by atoms with Crippen LogP contribution in [0, 0.1) is 0 Å². The van der Waals surface area contributed by atoms with Crippen molar-refractivity contribution in [3.05, 3.63) is 36.3 Å². The summed E-state index contributed by atoms with van der Waals surface area (Å²) in [6.07, 6.45) is 4.27. The minimum absolute atomic E-state index is 0.0320. The maximum Gasteiger partial charge on any atom is 0.407 e. The van der Waals surface area contributed by atoms with Gasteiger partial charge < -0.3 is 25.8 Å². The number of aromatic nitrogens is 3. The van der Waals surface area contributed by atoms with Crippen LogP contribution in [0.1, 0.15) is 38.2 Å². The Kier molecular flexibility index (Phi) is 5.58. The number of carboxylic acid groups (broad SMARTS) is 1. The van der Waals surface area contributed by atoms with Gasteiger partial charge in [-0.25, -0.2) is 14.3 Å². The molecule has 2 aromatic heterocycles. The third-order valence-corrected chi connectivity index (χ3v) is 5.77. The molecule has 0 bridgehead atoms. The van der Waals surface area contributed by atoms with Gasteiger partial charge in [-0.2, -0.15) is 5.10 Å². The molecule has 164 valence electrons. The molecule has 1 aliphatic heterocycles. The molecule has 3 aromatic rings. The van der Waals surface area contributed by atoms with Crippen molar-refractivity contribution in [2.45, 2.75) is 38.6 Å². The number of amides is 1. The highest BCUT2D eigenvalue weighted by molar-refractivity contribution is 5.81. The number of benzene rings is 1. The van der Waals surface area contributed by atoms with Crippen LogP contribution in [0.15, 0.2) is 30.7 Å². The first kappa shape index (κ1) is 20.8. The smallest absolute Gasteiger partial charge is 0.407 e. The van der Waals surface area contributed by atoms with E-state index in [0.717, 1.165) is 35.2 Å². The average Bonchev–Trinajstić information content (AvgIpc) is 3.23. The molecule has 0 spiro atoms. The van der Waals surface area contributed by atoms with E-state index in [4.69, 9.17) is 10.5 Å². The van der Waals surface area contributed by atoms with Gasteiger partial charge in [0.15, 0.2) is 11.4 Å². The number of nitrogens with one attached hydrogen (secondary N) is 1. The number of fused-ring (bicyclic) bond motifs is 1. The highest BCUT2D eigenvalue weighted by atomic mass is 16.5. The molecule has 4 rings (SSSR count). The Hall–Kier alpha value is -3.49. The lowest BCUT2D eigenvalue weighted by Gasteiger charge is -2.32. The third kappa shape index (κ3) is 4.08. The van der Waals surface area contributed by atoms with Crippen molar-refractivity contribution in [1.82, 2.24) is 19.5 Å². The number of anilines is 2. The summed E-state index contributed by atoms with van der Waals surface area (Å²) in [6.45, 7) is 5.30. The zero-order valence-electron chi connectivity index (χ0n) is 18.0. The van der Waals surface area contributed by atoms with E-state index in [9.17, 15) is 9.90 Å². The van der Waals surface area contributed by atoms with Crippen LogP contribution >= 0.6 is 0 Å². The summed E-state index contributed by atoms with van der Waals surface area (Å²) in [7, 11) is 1.61. The Morgan fingerprint density at radius 1 is 1.35 bits per heavy atom. The number of likely N-dealkylation sites (tertiary alicyclic amines) is 1. The number of nitrogens with two attached hydrogens (primary N) is 1. The van der Waals surface area contributed by atoms with Gasteiger partial charge in [0.1, 0.15) is 6.33 Å². The number of hydrogen-bond acceptors (Lipinski definition) is 6. The molecule has 3 heterocycles. The normalized spacial score (nSPS) is 16.6. The quantitative estimate of drug-likeness (QED) is 0.535. The van der Waals surface area contributed by atoms with Gasteiger partial charge in [0.05, 0.1) is 18.5 Å². The molecular weight excluding hydrogens is 396 g/mol. The van der Waals surface area contributed by atoms with Gasteiger partial charge in [0.2, 0.25) is 0 Å². The zero-order chi connectivity index (χ0) is 22.1. The van der Waals surface area contributed by atoms with E-state index in [-0.39, 0.29) is 12.0 Å². The van der Waals surface area contributed by atoms with Crippen LogP contribution in [0.5, 0.6) is 5.75 Å². The predicted molar refractivity (Wildman–Crippen MR) is 120 cm³/mol. The van der Waals surface area contributed by atoms with Gasteiger partial charge in [-0.15, -0.1) is 0 Å². The summed E-state index contributed by atoms with van der Waals surface area (Å²) in [5, 5.41) is 17.0. The van der Waals surface area contributed by atoms with Crippen molar-refractivity contribution < 1.29 is 14.6 Å². The lowest BCUT2D eigenvalue weighted by Crippen LogP contribution is -2.44. The fraction of sp³-hybridized carbons (Fsp3) is 0.409. The summed E-state index contributed by atoms with van der Waals surface area (Å²) in [5.41, 5.74) is 11.6. The van der Waals surface area contributed by atoms with Gasteiger partial charge in [0, 0.05) is 30.9 Å². The number of ether oxygens (including phenoxy) is 1. The molecule has 9 heteroatoms. The molecule has 0 radical (unpaired) electrons. The van der Waals surface area contributed by atoms with Crippen LogP contribution in [0.25, 0.3) is 16.8 Å². The molecule has 0 aliphatic carbocycles. The first-order valence-corrected chi connectivity index (χ1v) is 10.4. The molecule has 4 N–H and O–H groups in total. The first-order valence-electron chi connectivity index (χ1n) is 10.4. The van der Waals surface area contributed by atoms with Gasteiger partial charge in [-0.1, -0.05) is 13.8 Å². The number of nitrogens with zero attached hydrogens (tertiary/aromatic N) is 4. The van der Waals surface area contributed by atoms with Crippen molar-refractivity contribution in [1.29, 1.82) is 0 Å². The number of pyridine rings is 1. The van der Waals surface area contributed by atoms with Crippen molar-refractivity contribution >= 4 is 23.1 Å². The van der Waals surface area contributed by atoms with Crippen LogP contribution in [0.3, 0.4) is 0 Å². The summed E-state index contributed by atoms with van der Waals surface area (Å²) in [4.78, 5) is 17.0. The van der Waals surface area contributed by atoms with E-state index in [1.165, 1.54) is 11.2 Å². The molecule has 1 aliphatic rings. The number of carbonyl (C=O) groups is 1. The molecule has 1 amide bonds. The number of nitrogen functional groups attached to an aromatic ring is 1. The zero-order valence-corrected chi connectivity index (χ0v) is 18.0. The fourth-order valence-corrected chi connectivity index (χ4v) is 4.17. The Morgan fingerprint density at radius 3 is 2.87 bits per heavy atom. The van der Waals surface area contributed by atoms with Gasteiger partial charge in [-0.3, -0.25) is 0 Å². The lowest BCUT2D eigenvalue weighted by atomic mass is 9.91. The van der Waals surface area contributed by atoms with Gasteiger partial charge >= 0.3 is 6.09 Å². The predicted octanol–water partition coefficient (Wildman–Crippen LogP) is 3.66. The number of rotatable bonds is 5. The molecular formula is C22H28N6O3. The highest BCUT2D eigenvalue weighted by Crippen LogP contribution is 2.37. The maximum atomic E-state index is 11.3. The number of piperidine rings is 1. The molecule has 1 atom stereocenters. The minimum atomic E-state index is -0.880. The topological polar surface area (TPSA) is 118 Å². The third-order valence-electron chi connectivity index (χ3n) is 5.77. The molecule has 31 heavy (non-hydrogen) atoms. The van der Waals surface area contributed by atoms with E-state index in [1.54, 1.807) is 11.6 Å². The molecule has 9 nitrogen and oxygen atoms in total. The number of hydrogen-bond donors (Lipinski definition) is 3. The van der Waals surface area contributed by atoms with E-state index >= 15 is 0 Å². The van der Waals surface area contributed by atoms with Gasteiger partial charge in [0.25, 0.3) is 0 Å². The summed E-state index contributed by atoms with van der Waals surface area (Å²) >= 11 is 0. The standard InChI is InChI=1S/C22H28N6O3/c1-13(2)16-9-19(26-15-5-4-6-27(11-15)22(29)30)18(23)8-17(16)14-7-20(31-3)21-24-12-25-28(21)10-14/h7-10,12-13,15,26H,4-6,11,23H2,1-3H3,(H,29,30). The summed E-state index contributed by atoms with van der Waals surface area (Å²) in [6, 6.07) is 6.02. The summed E-state index contributed by atoms with van der Waals surface area (Å²) in [5.74, 6) is 0.886. The molecule has 1 fully saturated rings. The SMILES string of the molecule is COc1cc(-c2cc(N)c(NC3CCCN(C(=O)O)C3)cc2C(C)C)cn2ncnc12. The molecule has 1 aromatic carbocycles. The van der Waals surface area contributed by atoms with Crippen molar-refractivity contribution in [3.8, 4) is 16.9 Å². The molecule has 1 unspecified atom stereocenters. The van der Waals surface area contributed by atoms with Crippen LogP contribution in [-0.4, -0.2) is 56.9 Å². The van der Waals surface area contributed by atoms with Crippen molar-refractivity contribution in [2.24, 2.45) is 0 Å². The Labute approximate surface area is 180 Å². The number of methoxy groups -OCH3 is 1. The molecule has 0 saturated carbocycles. The van der Waals surface area contributed by atoms with E-state index < -0.39 is 6.09 Å². The van der Waals surface area contributed by atoms with Crippen LogP contribution in [0.2, 0.25) is 0 Å². The Bertz CT molecular complexity index is 1110. The largest absolute Gasteiger partial charge is 0.493 e. The monoisotopic (exact) mass is 424 g/mol. The Morgan fingerprint density at radius 2 is 2.16 bits per heavy atom. The second-order valence-corrected chi connectivity index (χ2v) is 8.22. The van der Waals surface area contributed by atoms with Crippen molar-refractivity contribution in [3.63, 3.8) is 0 Å². The minimum Gasteiger partial charge on any atom is -0.493 e. The summed E-state index contributed by atoms with van der Waals surface area (Å²) < 4.78 is 7.21.